The average Bonchev–Trinajstić information content (AvgIpc) is 3.32. The van der Waals surface area contributed by atoms with Crippen molar-refractivity contribution in [1.82, 2.24) is 24.6 Å². The SMILES string of the molecule is CCn1ccc(C(=O)N2[C@H]3CC[C@@H]2c2cnc(-c4ccc(F)cc4)nc2C3)n1. The van der Waals surface area contributed by atoms with Crippen LogP contribution in [0.2, 0.25) is 0 Å². The molecule has 3 aromatic rings. The van der Waals surface area contributed by atoms with Crippen molar-refractivity contribution in [2.75, 3.05) is 0 Å². The van der Waals surface area contributed by atoms with Crippen LogP contribution in [0.4, 0.5) is 4.39 Å². The zero-order valence-corrected chi connectivity index (χ0v) is 15.5. The van der Waals surface area contributed by atoms with E-state index in [9.17, 15) is 9.18 Å². The van der Waals surface area contributed by atoms with Crippen molar-refractivity contribution in [3.05, 3.63) is 65.5 Å². The minimum absolute atomic E-state index is 0.00436. The van der Waals surface area contributed by atoms with Gasteiger partial charge >= 0.3 is 0 Å². The highest BCUT2D eigenvalue weighted by atomic mass is 19.1. The highest BCUT2D eigenvalue weighted by Crippen LogP contribution is 2.43. The van der Waals surface area contributed by atoms with Crippen LogP contribution in [0.5, 0.6) is 0 Å². The number of halogens is 1. The van der Waals surface area contributed by atoms with Gasteiger partial charge in [0.2, 0.25) is 0 Å². The van der Waals surface area contributed by atoms with E-state index in [1.807, 2.05) is 24.2 Å². The highest BCUT2D eigenvalue weighted by Gasteiger charge is 2.44. The number of hydrogen-bond acceptors (Lipinski definition) is 4. The predicted octanol–water partition coefficient (Wildman–Crippen LogP) is 3.40. The van der Waals surface area contributed by atoms with Gasteiger partial charge in [0.15, 0.2) is 5.82 Å². The fraction of sp³-hybridized carbons (Fsp3) is 0.333. The molecule has 1 amide bonds. The van der Waals surface area contributed by atoms with Gasteiger partial charge in [0.1, 0.15) is 11.5 Å². The second kappa shape index (κ2) is 6.51. The normalized spacial score (nSPS) is 20.3. The fourth-order valence-electron chi connectivity index (χ4n) is 4.31. The predicted molar refractivity (Wildman–Crippen MR) is 101 cm³/mol. The second-order valence-electron chi connectivity index (χ2n) is 7.32. The lowest BCUT2D eigenvalue weighted by Crippen LogP contribution is -2.42. The molecule has 2 aliphatic rings. The summed E-state index contributed by atoms with van der Waals surface area (Å²) in [5.41, 5.74) is 3.29. The molecule has 0 spiro atoms. The highest BCUT2D eigenvalue weighted by molar-refractivity contribution is 5.93. The van der Waals surface area contributed by atoms with E-state index in [1.165, 1.54) is 12.1 Å². The first-order chi connectivity index (χ1) is 13.6. The molecule has 28 heavy (non-hydrogen) atoms. The third-order valence-electron chi connectivity index (χ3n) is 5.71. The summed E-state index contributed by atoms with van der Waals surface area (Å²) in [5, 5.41) is 4.38. The Bertz CT molecular complexity index is 1050. The standard InChI is InChI=1S/C21H20FN5O/c1-2-26-10-9-17(25-26)21(28)27-15-7-8-19(27)16-12-23-20(24-18(16)11-15)13-3-5-14(22)6-4-13/h3-6,9-10,12,15,19H,2,7-8,11H2,1H3/t15-,19+/m0/s1. The average molecular weight is 377 g/mol. The summed E-state index contributed by atoms with van der Waals surface area (Å²) in [4.78, 5) is 24.3. The molecular weight excluding hydrogens is 357 g/mol. The maximum Gasteiger partial charge on any atom is 0.275 e. The molecule has 1 aromatic carbocycles. The van der Waals surface area contributed by atoms with Crippen LogP contribution in [0, 0.1) is 5.82 Å². The Labute approximate surface area is 162 Å². The van der Waals surface area contributed by atoms with Gasteiger partial charge in [0.25, 0.3) is 5.91 Å². The maximum absolute atomic E-state index is 13.2. The molecule has 2 aliphatic heterocycles. The van der Waals surface area contributed by atoms with Crippen LogP contribution in [0.15, 0.2) is 42.7 Å². The van der Waals surface area contributed by atoms with Crippen molar-refractivity contribution in [3.8, 4) is 11.4 Å². The van der Waals surface area contributed by atoms with Gasteiger partial charge in [-0.15, -0.1) is 0 Å². The molecule has 2 bridgehead atoms. The van der Waals surface area contributed by atoms with Gasteiger partial charge in [-0.3, -0.25) is 9.48 Å². The Morgan fingerprint density at radius 1 is 1.21 bits per heavy atom. The number of benzene rings is 1. The van der Waals surface area contributed by atoms with E-state index in [1.54, 1.807) is 22.9 Å². The van der Waals surface area contributed by atoms with Crippen molar-refractivity contribution in [2.45, 2.75) is 44.8 Å². The Kier molecular flexibility index (Phi) is 3.96. The Morgan fingerprint density at radius 3 is 2.79 bits per heavy atom. The number of hydrogen-bond donors (Lipinski definition) is 0. The van der Waals surface area contributed by atoms with E-state index in [-0.39, 0.29) is 23.8 Å². The number of fused-ring (bicyclic) bond motifs is 4. The summed E-state index contributed by atoms with van der Waals surface area (Å²) in [7, 11) is 0. The van der Waals surface area contributed by atoms with Crippen molar-refractivity contribution < 1.29 is 9.18 Å². The first-order valence-corrected chi connectivity index (χ1v) is 9.62. The number of rotatable bonds is 3. The van der Waals surface area contributed by atoms with E-state index >= 15 is 0 Å². The molecule has 0 N–H and O–H groups in total. The smallest absolute Gasteiger partial charge is 0.275 e. The number of nitrogens with zero attached hydrogens (tertiary/aromatic N) is 5. The van der Waals surface area contributed by atoms with Gasteiger partial charge < -0.3 is 4.90 Å². The van der Waals surface area contributed by atoms with E-state index in [4.69, 9.17) is 4.98 Å². The molecule has 0 unspecified atom stereocenters. The van der Waals surface area contributed by atoms with E-state index in [0.29, 0.717) is 17.9 Å². The molecule has 2 aromatic heterocycles. The summed E-state index contributed by atoms with van der Waals surface area (Å²) in [6, 6.07) is 8.12. The topological polar surface area (TPSA) is 63.9 Å². The third kappa shape index (κ3) is 2.69. The van der Waals surface area contributed by atoms with Crippen LogP contribution in [0.3, 0.4) is 0 Å². The molecule has 7 heteroatoms. The lowest BCUT2D eigenvalue weighted by atomic mass is 9.98. The van der Waals surface area contributed by atoms with Crippen LogP contribution < -0.4 is 0 Å². The molecule has 1 fully saturated rings. The number of aromatic nitrogens is 4. The number of aryl methyl sites for hydroxylation is 1. The van der Waals surface area contributed by atoms with Gasteiger partial charge in [-0.1, -0.05) is 0 Å². The van der Waals surface area contributed by atoms with Gasteiger partial charge in [0.05, 0.1) is 11.7 Å². The van der Waals surface area contributed by atoms with E-state index in [2.05, 4.69) is 10.1 Å². The van der Waals surface area contributed by atoms with Crippen LogP contribution >= 0.6 is 0 Å². The van der Waals surface area contributed by atoms with Gasteiger partial charge in [-0.05, 0) is 50.1 Å². The zero-order valence-electron chi connectivity index (χ0n) is 15.5. The van der Waals surface area contributed by atoms with Gasteiger partial charge in [-0.2, -0.15) is 5.10 Å². The molecule has 0 radical (unpaired) electrons. The van der Waals surface area contributed by atoms with Crippen LogP contribution in [-0.4, -0.2) is 36.6 Å². The summed E-state index contributed by atoms with van der Waals surface area (Å²) in [6.07, 6.45) is 6.25. The van der Waals surface area contributed by atoms with Gasteiger partial charge in [-0.25, -0.2) is 14.4 Å². The fourth-order valence-corrected chi connectivity index (χ4v) is 4.31. The first-order valence-electron chi connectivity index (χ1n) is 9.62. The lowest BCUT2D eigenvalue weighted by molar-refractivity contribution is 0.0637. The molecule has 5 rings (SSSR count). The molecular formula is C21H20FN5O. The molecule has 0 aliphatic carbocycles. The van der Waals surface area contributed by atoms with Crippen LogP contribution in [0.1, 0.15) is 47.6 Å². The minimum Gasteiger partial charge on any atom is -0.327 e. The molecule has 142 valence electrons. The van der Waals surface area contributed by atoms with Crippen LogP contribution in [-0.2, 0) is 13.0 Å². The maximum atomic E-state index is 13.2. The van der Waals surface area contributed by atoms with Crippen molar-refractivity contribution in [1.29, 1.82) is 0 Å². The Morgan fingerprint density at radius 2 is 2.04 bits per heavy atom. The largest absolute Gasteiger partial charge is 0.327 e. The lowest BCUT2D eigenvalue weighted by Gasteiger charge is -2.35. The summed E-state index contributed by atoms with van der Waals surface area (Å²) >= 11 is 0. The Balaban J connectivity index is 1.47. The molecule has 4 heterocycles. The molecule has 1 saturated heterocycles. The Hall–Kier alpha value is -3.09. The van der Waals surface area contributed by atoms with Crippen molar-refractivity contribution in [3.63, 3.8) is 0 Å². The summed E-state index contributed by atoms with van der Waals surface area (Å²) in [6.45, 7) is 2.74. The van der Waals surface area contributed by atoms with Crippen molar-refractivity contribution >= 4 is 5.91 Å². The van der Waals surface area contributed by atoms with E-state index < -0.39 is 0 Å². The molecule has 0 saturated carbocycles. The number of carbonyl (C=O) groups excluding carboxylic acids is 1. The molecule has 6 nitrogen and oxygen atoms in total. The van der Waals surface area contributed by atoms with Crippen LogP contribution in [0.25, 0.3) is 11.4 Å². The first kappa shape index (κ1) is 17.0. The van der Waals surface area contributed by atoms with Gasteiger partial charge in [0, 0.05) is 42.5 Å². The second-order valence-corrected chi connectivity index (χ2v) is 7.32. The van der Waals surface area contributed by atoms with E-state index in [0.717, 1.165) is 36.2 Å². The monoisotopic (exact) mass is 377 g/mol. The molecule has 2 atom stereocenters. The number of carbonyl (C=O) groups is 1. The zero-order chi connectivity index (χ0) is 19.3. The van der Waals surface area contributed by atoms with Crippen molar-refractivity contribution in [2.24, 2.45) is 0 Å². The number of amides is 1. The summed E-state index contributed by atoms with van der Waals surface area (Å²) < 4.78 is 15.0. The quantitative estimate of drug-likeness (QED) is 0.702. The third-order valence-corrected chi connectivity index (χ3v) is 5.71. The summed E-state index contributed by atoms with van der Waals surface area (Å²) in [5.74, 6) is 0.298. The minimum atomic E-state index is -0.278.